The average Bonchev–Trinajstić information content (AvgIpc) is 0.684. The SMILES string of the molecule is [2H]C([2H])([2H])C([2H])([2H])C([2H])([2H])C([2H])([2H])C([2H])([2H])C([2H])([2H])C([2H])([2H])C([2H])([2H])C([2H])([2H])C([2H])([2H])C([2H])([2H])C([2H])([2H])C([2H])([2H])C([2H])([2H])C([2H])([2H])C([2H])([2H])C([2H])([2H])C([2H])([2H])OC[C@@H](COP(=O)([O-])OCC[N+](C)(C)C)OC(=O)CC/C=C\C/C=C\C/C=C\C/C=C\C/C=C\C/C=C\CC. The lowest BCUT2D eigenvalue weighted by Gasteiger charge is -2.28. The third-order valence-corrected chi connectivity index (χ3v) is 7.13. The van der Waals surface area contributed by atoms with Gasteiger partial charge in [-0.15, -0.1) is 0 Å². The molecule has 57 heavy (non-hydrogen) atoms. The fraction of sp³-hybridized carbons (Fsp3) is 0.729. The predicted molar refractivity (Wildman–Crippen MR) is 240 cm³/mol. The Kier molecular flexibility index (Phi) is 13.8. The molecule has 0 radical (unpaired) electrons. The Labute approximate surface area is 403 Å². The minimum atomic E-state index is -5.37. The van der Waals surface area contributed by atoms with Crippen molar-refractivity contribution >= 4 is 13.8 Å². The number of allylic oxidation sites excluding steroid dienone is 12. The summed E-state index contributed by atoms with van der Waals surface area (Å²) >= 11 is 0. The highest BCUT2D eigenvalue weighted by atomic mass is 31.2. The summed E-state index contributed by atoms with van der Waals surface area (Å²) in [6, 6.07) is 0. The van der Waals surface area contributed by atoms with Crippen LogP contribution in [-0.4, -0.2) is 70.6 Å². The quantitative estimate of drug-likeness (QED) is 0.0262. The lowest BCUT2D eigenvalue weighted by Crippen LogP contribution is -2.37. The molecule has 0 fully saturated rings. The van der Waals surface area contributed by atoms with Crippen LogP contribution in [0.4, 0.5) is 0 Å². The van der Waals surface area contributed by atoms with Crippen LogP contribution < -0.4 is 4.89 Å². The van der Waals surface area contributed by atoms with Crippen molar-refractivity contribution in [3.05, 3.63) is 72.9 Å². The first-order valence-corrected chi connectivity index (χ1v) is 19.6. The Morgan fingerprint density at radius 2 is 1.09 bits per heavy atom. The van der Waals surface area contributed by atoms with Crippen LogP contribution in [0.3, 0.4) is 0 Å². The number of phosphoric ester groups is 1. The molecule has 330 valence electrons. The van der Waals surface area contributed by atoms with Gasteiger partial charge in [0.05, 0.1) is 37.1 Å². The largest absolute Gasteiger partial charge is 0.756 e. The number of hydrogen-bond acceptors (Lipinski definition) is 7. The number of carbonyl (C=O) groups is 1. The zero-order valence-electron chi connectivity index (χ0n) is 70.2. The molecule has 0 aromatic carbocycles. The van der Waals surface area contributed by atoms with Gasteiger partial charge in [0.2, 0.25) is 0 Å². The van der Waals surface area contributed by atoms with E-state index >= 15 is 0 Å². The van der Waals surface area contributed by atoms with Crippen LogP contribution in [0, 0.1) is 0 Å². The smallest absolute Gasteiger partial charge is 0.306 e. The van der Waals surface area contributed by atoms with Gasteiger partial charge >= 0.3 is 5.97 Å². The second-order valence-electron chi connectivity index (χ2n) is 12.1. The molecule has 0 aromatic heterocycles. The zero-order chi connectivity index (χ0) is 75.0. The number of nitrogens with zero attached hydrogens (tertiary/aromatic N) is 1. The van der Waals surface area contributed by atoms with Crippen molar-refractivity contribution < 1.29 is 88.0 Å². The van der Waals surface area contributed by atoms with Gasteiger partial charge in [0.1, 0.15) is 19.3 Å². The van der Waals surface area contributed by atoms with Crippen molar-refractivity contribution in [3.8, 4) is 0 Å². The number of hydrogen-bond donors (Lipinski definition) is 0. The van der Waals surface area contributed by atoms with E-state index in [1.807, 2.05) is 30.4 Å². The van der Waals surface area contributed by atoms with Crippen LogP contribution >= 0.6 is 7.82 Å². The first-order chi connectivity index (χ1) is 41.5. The maximum atomic E-state index is 13.1. The second kappa shape index (κ2) is 40.7. The molecule has 0 saturated carbocycles. The van der Waals surface area contributed by atoms with Crippen molar-refractivity contribution in [2.24, 2.45) is 0 Å². The van der Waals surface area contributed by atoms with Gasteiger partial charge < -0.3 is 27.9 Å². The van der Waals surface area contributed by atoms with Crippen LogP contribution in [0.25, 0.3) is 0 Å². The van der Waals surface area contributed by atoms with Gasteiger partial charge in [-0.3, -0.25) is 9.36 Å². The van der Waals surface area contributed by atoms with Crippen molar-refractivity contribution in [1.29, 1.82) is 0 Å². The van der Waals surface area contributed by atoms with E-state index in [1.165, 1.54) is 0 Å². The number of carbonyl (C=O) groups excluding carboxylic acids is 1. The molecule has 2 atom stereocenters. The summed E-state index contributed by atoms with van der Waals surface area (Å²) in [6.45, 7) is -9.66. The maximum Gasteiger partial charge on any atom is 0.306 e. The van der Waals surface area contributed by atoms with E-state index in [9.17, 15) is 14.3 Å². The minimum absolute atomic E-state index is 0.00624. The summed E-state index contributed by atoms with van der Waals surface area (Å²) in [7, 11) is -0.279. The highest BCUT2D eigenvalue weighted by Crippen LogP contribution is 2.38. The Hall–Kier alpha value is -2.06. The van der Waals surface area contributed by atoms with Gasteiger partial charge in [-0.1, -0.05) is 182 Å². The van der Waals surface area contributed by atoms with E-state index in [0.29, 0.717) is 12.8 Å². The monoisotopic (exact) mass is 857 g/mol. The van der Waals surface area contributed by atoms with Crippen LogP contribution in [-0.2, 0) is 27.9 Å². The second-order valence-corrected chi connectivity index (χ2v) is 13.5. The fourth-order valence-corrected chi connectivity index (χ4v) is 4.20. The molecule has 0 aromatic rings. The number of likely N-dealkylation sites (N-methyl/N-ethyl adjacent to an activating group) is 1. The molecule has 0 aliphatic heterocycles. The molecular weight excluding hydrogens is 734 g/mol. The lowest BCUT2D eigenvalue weighted by molar-refractivity contribution is -0.870. The van der Waals surface area contributed by atoms with E-state index in [1.54, 1.807) is 33.3 Å². The van der Waals surface area contributed by atoms with Crippen LogP contribution in [0.15, 0.2) is 72.9 Å². The van der Waals surface area contributed by atoms with Crippen LogP contribution in [0.2, 0.25) is 0 Å². The topological polar surface area (TPSA) is 94.1 Å². The van der Waals surface area contributed by atoms with Crippen LogP contribution in [0.1, 0.15) is 218 Å². The van der Waals surface area contributed by atoms with Gasteiger partial charge in [0, 0.05) is 61.0 Å². The molecule has 0 rings (SSSR count). The third kappa shape index (κ3) is 44.9. The Morgan fingerprint density at radius 3 is 1.54 bits per heavy atom. The first-order valence-electron chi connectivity index (χ1n) is 36.6. The number of rotatable bonds is 41. The standard InChI is InChI=1S/C48H86NO7P/c1-6-8-10-12-14-16-18-20-22-24-25-26-27-29-31-33-35-37-39-41-48(50)56-47(46-55-57(51,52)54-44-42-49(3,4)5)45-53-43-40-38-36-34-32-30-28-23-21-19-17-15-13-11-9-7-2/h8,10,14,16,20,22,25-26,29,31,35,37,47H,6-7,9,11-13,15,17-19,21,23-24,27-28,30,32-34,36,38-46H2,1-5H3/b10-8-,16-14-,22-20-,26-25-,31-29-,37-35-/t47-/m0/s1/i2D3,7D2,9D2,11D2,13D2,15D2,17D2,19D2,21D2,23D2,28D2,30D2,32D2,34D2,36D2,38D2,40D2,43D2. The maximum absolute atomic E-state index is 13.1. The molecule has 0 aliphatic rings. The third-order valence-electron chi connectivity index (χ3n) is 6.17. The first kappa shape index (κ1) is 19.3. The van der Waals surface area contributed by atoms with Gasteiger partial charge in [-0.2, -0.15) is 0 Å². The van der Waals surface area contributed by atoms with Crippen LogP contribution in [0.5, 0.6) is 0 Å². The fourth-order valence-electron chi connectivity index (χ4n) is 3.47. The lowest BCUT2D eigenvalue weighted by atomic mass is 10.0. The normalized spacial score (nSPS) is 28.5. The highest BCUT2D eigenvalue weighted by molar-refractivity contribution is 7.45. The van der Waals surface area contributed by atoms with E-state index in [4.69, 9.17) is 69.2 Å². The number of ether oxygens (including phenoxy) is 2. The molecule has 0 N–H and O–H groups in total. The molecule has 8 nitrogen and oxygen atoms in total. The van der Waals surface area contributed by atoms with Gasteiger partial charge in [-0.05, 0) is 51.3 Å². The summed E-state index contributed by atoms with van der Waals surface area (Å²) in [5.74, 6) is -1.14. The van der Waals surface area contributed by atoms with Crippen molar-refractivity contribution in [1.82, 2.24) is 0 Å². The van der Waals surface area contributed by atoms with Gasteiger partial charge in [-0.25, -0.2) is 0 Å². The van der Waals surface area contributed by atoms with E-state index < -0.39 is 162 Å². The summed E-state index contributed by atoms with van der Waals surface area (Å²) in [6.07, 6.45) is -56.7. The molecule has 1 unspecified atom stereocenters. The molecule has 9 heteroatoms. The van der Waals surface area contributed by atoms with E-state index in [2.05, 4.69) is 37.3 Å². The molecule has 0 aliphatic carbocycles. The Bertz CT molecular complexity index is 2690. The summed E-state index contributed by atoms with van der Waals surface area (Å²) in [5.41, 5.74) is 0. The van der Waals surface area contributed by atoms with E-state index in [0.717, 1.165) is 25.7 Å². The van der Waals surface area contributed by atoms with Gasteiger partial charge in [0.15, 0.2) is 0 Å². The number of esters is 1. The van der Waals surface area contributed by atoms with E-state index in [-0.39, 0.29) is 17.4 Å². The van der Waals surface area contributed by atoms with Crippen molar-refractivity contribution in [3.63, 3.8) is 0 Å². The summed E-state index contributed by atoms with van der Waals surface area (Å²) < 4.78 is 340. The van der Waals surface area contributed by atoms with Crippen molar-refractivity contribution in [2.45, 2.75) is 173 Å². The molecule has 0 heterocycles. The zero-order valence-corrected chi connectivity index (χ0v) is 34.1. The molecule has 0 bridgehead atoms. The Morgan fingerprint density at radius 1 is 0.649 bits per heavy atom. The molecule has 0 saturated heterocycles. The Balaban J connectivity index is 7.12. The molecule has 0 spiro atoms. The number of quaternary nitrogens is 1. The predicted octanol–water partition coefficient (Wildman–Crippen LogP) is 12.9. The number of phosphoric acid groups is 1. The van der Waals surface area contributed by atoms with Crippen molar-refractivity contribution in [2.75, 3.05) is 54.1 Å². The average molecular weight is 857 g/mol. The summed E-state index contributed by atoms with van der Waals surface area (Å²) in [5, 5.41) is 0. The molecule has 0 amide bonds. The summed E-state index contributed by atoms with van der Waals surface area (Å²) in [4.78, 5) is 25.8. The minimum Gasteiger partial charge on any atom is -0.756 e. The van der Waals surface area contributed by atoms with Gasteiger partial charge in [0.25, 0.3) is 7.82 Å². The highest BCUT2D eigenvalue weighted by Gasteiger charge is 2.20. The molecular formula is C48H86NO7P.